The summed E-state index contributed by atoms with van der Waals surface area (Å²) in [4.78, 5) is 40.7. The van der Waals surface area contributed by atoms with Gasteiger partial charge in [-0.05, 0) is 36.0 Å². The number of ether oxygens (including phenoxy) is 5. The number of carboxylic acid groups (broad SMARTS) is 1. The number of aliphatic carboxylic acids is 1. The molecule has 4 aliphatic rings. The second kappa shape index (κ2) is 15.4. The number of nitrogens with zero attached hydrogens (tertiary/aromatic N) is 1. The highest BCUT2D eigenvalue weighted by Gasteiger charge is 2.53. The number of aromatic nitrogens is 1. The first-order chi connectivity index (χ1) is 27.0. The van der Waals surface area contributed by atoms with Gasteiger partial charge in [-0.2, -0.15) is 11.9 Å². The Labute approximate surface area is 323 Å². The molecule has 0 amide bonds. The standard InChI is InChI=1S/C38H42NO18/c1-38(6-2-3-7-38)23-9-14(13-39-23)8-16-21(12-22-24(25(16)43)19(42)11-20(53-22)15-4-5-17(40)18(41)10-15)54-36-30(48)27(45)29(47)33(56-36)35(52)57-37-31(49)26(44)28(46)32(55-37)34(50)51/h4-5,9-10,12-13,20,26-33,36-37,40-41,44-49H,2-3,6-8,11H2,1H3,(H,42,43)(H,50,51)/q-1/p+1. The Hall–Kier alpha value is -4.99. The smallest absolute Gasteiger partial charge is 0.340 e. The van der Waals surface area contributed by atoms with Crippen molar-refractivity contribution in [3.63, 3.8) is 0 Å². The number of hydrogen-bond acceptors (Lipinski definition) is 16. The van der Waals surface area contributed by atoms with Gasteiger partial charge in [-0.15, -0.1) is 0 Å². The van der Waals surface area contributed by atoms with Gasteiger partial charge in [0.15, 0.2) is 29.3 Å². The van der Waals surface area contributed by atoms with Crippen LogP contribution in [0.2, 0.25) is 0 Å². The molecule has 3 aromatic rings. The quantitative estimate of drug-likeness (QED) is 0.0721. The summed E-state index contributed by atoms with van der Waals surface area (Å²) in [5.41, 5.74) is 1.60. The van der Waals surface area contributed by atoms with Crippen LogP contribution in [0.1, 0.15) is 73.1 Å². The number of ketones is 1. The Bertz CT molecular complexity index is 2030. The molecular formula is C38H43NO18. The van der Waals surface area contributed by atoms with E-state index in [1.54, 1.807) is 6.20 Å². The number of carboxylic acids is 1. The van der Waals surface area contributed by atoms with Crippen LogP contribution in [-0.4, -0.2) is 135 Å². The van der Waals surface area contributed by atoms with Crippen molar-refractivity contribution in [3.05, 3.63) is 64.5 Å². The van der Waals surface area contributed by atoms with Gasteiger partial charge in [0, 0.05) is 18.1 Å². The van der Waals surface area contributed by atoms with Crippen LogP contribution in [0.5, 0.6) is 28.7 Å². The number of fused-ring (bicyclic) bond motifs is 1. The summed E-state index contributed by atoms with van der Waals surface area (Å²) >= 11 is 0. The molecule has 57 heavy (non-hydrogen) atoms. The Morgan fingerprint density at radius 2 is 1.51 bits per heavy atom. The van der Waals surface area contributed by atoms with Gasteiger partial charge in [-0.25, -0.2) is 9.59 Å². The molecule has 1 aromatic heterocycles. The zero-order valence-corrected chi connectivity index (χ0v) is 30.3. The number of hydrogen-bond donors (Lipinski definition) is 10. The minimum Gasteiger partial charge on any atom is -0.667 e. The van der Waals surface area contributed by atoms with Crippen molar-refractivity contribution in [2.45, 2.75) is 118 Å². The van der Waals surface area contributed by atoms with Gasteiger partial charge in [0.2, 0.25) is 12.6 Å². The van der Waals surface area contributed by atoms with Gasteiger partial charge in [-0.1, -0.05) is 37.5 Å². The fourth-order valence-electron chi connectivity index (χ4n) is 7.75. The van der Waals surface area contributed by atoms with Crippen molar-refractivity contribution in [2.24, 2.45) is 0 Å². The number of carbonyl (C=O) groups excluding carboxylic acids is 2. The Morgan fingerprint density at radius 1 is 0.860 bits per heavy atom. The highest BCUT2D eigenvalue weighted by molar-refractivity contribution is 6.04. The molecule has 0 bridgehead atoms. The van der Waals surface area contributed by atoms with E-state index in [2.05, 4.69) is 11.9 Å². The number of benzene rings is 2. The van der Waals surface area contributed by atoms with E-state index in [0.717, 1.165) is 31.4 Å². The number of aromatic hydroxyl groups is 3. The molecular weight excluding hydrogens is 758 g/mol. The molecule has 19 nitrogen and oxygen atoms in total. The predicted octanol–water partition coefficient (Wildman–Crippen LogP) is -0.778. The number of aliphatic hydroxyl groups is 6. The average molecular weight is 802 g/mol. The normalized spacial score (nSPS) is 32.3. The molecule has 1 aliphatic carbocycles. The van der Waals surface area contributed by atoms with Crippen LogP contribution in [0.4, 0.5) is 0 Å². The largest absolute Gasteiger partial charge is 0.667 e. The minimum atomic E-state index is -2.20. The van der Waals surface area contributed by atoms with Crippen LogP contribution >= 0.6 is 0 Å². The van der Waals surface area contributed by atoms with Gasteiger partial charge in [0.1, 0.15) is 66.4 Å². The number of carbonyl (C=O) groups is 2. The maximum Gasteiger partial charge on any atom is 0.340 e. The van der Waals surface area contributed by atoms with Gasteiger partial charge >= 0.3 is 17.7 Å². The Balaban J connectivity index is 1.21. The lowest BCUT2D eigenvalue weighted by molar-refractivity contribution is -0.302. The number of esters is 1. The lowest BCUT2D eigenvalue weighted by Gasteiger charge is -2.41. The maximum atomic E-state index is 13.3. The highest BCUT2D eigenvalue weighted by Crippen LogP contribution is 2.47. The monoisotopic (exact) mass is 801 g/mol. The van der Waals surface area contributed by atoms with Crippen molar-refractivity contribution in [1.29, 1.82) is 0 Å². The van der Waals surface area contributed by atoms with E-state index >= 15 is 0 Å². The van der Waals surface area contributed by atoms with Crippen LogP contribution in [0.25, 0.3) is 0 Å². The van der Waals surface area contributed by atoms with Gasteiger partial charge in [-0.3, -0.25) is 4.79 Å². The SMILES string of the molecule is CC1(c2cc(Cc3c(OC4OC(C(=O)OC5OC(C(=O)O)C(O)C(O)C5O)C(O)C(O)C4O)cc4c(c3O)C(=[OH+])CC(c3ccc(O)c(O)c3)O4)c[n-]2)CCCC1. The topological polar surface area (TPSA) is 318 Å². The van der Waals surface area contributed by atoms with E-state index in [4.69, 9.17) is 23.7 Å². The van der Waals surface area contributed by atoms with E-state index < -0.39 is 96.7 Å². The van der Waals surface area contributed by atoms with E-state index in [9.17, 15) is 65.4 Å². The van der Waals surface area contributed by atoms with Crippen molar-refractivity contribution in [3.8, 4) is 28.7 Å². The predicted molar refractivity (Wildman–Crippen MR) is 188 cm³/mol. The van der Waals surface area contributed by atoms with Crippen molar-refractivity contribution >= 4 is 17.7 Å². The molecule has 11 N–H and O–H groups in total. The zero-order chi connectivity index (χ0) is 41.1. The van der Waals surface area contributed by atoms with E-state index in [-0.39, 0.29) is 46.7 Å². The second-order valence-corrected chi connectivity index (χ2v) is 15.1. The van der Waals surface area contributed by atoms with Gasteiger partial charge in [0.05, 0.1) is 0 Å². The molecule has 3 fully saturated rings. The number of aliphatic hydroxyl groups excluding tert-OH is 6. The van der Waals surface area contributed by atoms with Crippen LogP contribution in [0, 0.1) is 0 Å². The van der Waals surface area contributed by atoms with Crippen LogP contribution < -0.4 is 14.5 Å². The first-order valence-electron chi connectivity index (χ1n) is 18.2. The molecule has 19 heteroatoms. The molecule has 2 saturated heterocycles. The van der Waals surface area contributed by atoms with E-state index in [1.165, 1.54) is 24.3 Å². The first-order valence-corrected chi connectivity index (χ1v) is 18.2. The van der Waals surface area contributed by atoms with Crippen LogP contribution in [0.3, 0.4) is 0 Å². The second-order valence-electron chi connectivity index (χ2n) is 15.1. The summed E-state index contributed by atoms with van der Waals surface area (Å²) in [5.74, 6) is -5.34. The molecule has 4 heterocycles. The van der Waals surface area contributed by atoms with Crippen LogP contribution in [-0.2, 0) is 35.6 Å². The lowest BCUT2D eigenvalue weighted by Crippen LogP contribution is -2.63. The summed E-state index contributed by atoms with van der Waals surface area (Å²) in [7, 11) is 0. The maximum absolute atomic E-state index is 13.3. The van der Waals surface area contributed by atoms with Gasteiger partial charge in [0.25, 0.3) is 0 Å². The molecule has 3 aliphatic heterocycles. The number of rotatable bonds is 9. The third kappa shape index (κ3) is 7.48. The third-order valence-corrected chi connectivity index (χ3v) is 11.1. The Kier molecular flexibility index (Phi) is 10.9. The van der Waals surface area contributed by atoms with Crippen molar-refractivity contribution in [1.82, 2.24) is 4.98 Å². The summed E-state index contributed by atoms with van der Waals surface area (Å²) in [6.07, 6.45) is -16.9. The third-order valence-electron chi connectivity index (χ3n) is 11.1. The first kappa shape index (κ1) is 40.2. The van der Waals surface area contributed by atoms with E-state index in [1.807, 2.05) is 6.07 Å². The van der Waals surface area contributed by atoms with E-state index in [0.29, 0.717) is 11.1 Å². The molecule has 11 unspecified atom stereocenters. The Morgan fingerprint density at radius 3 is 2.18 bits per heavy atom. The molecule has 308 valence electrons. The summed E-state index contributed by atoms with van der Waals surface area (Å²) in [5, 5.41) is 104. The molecule has 0 spiro atoms. The van der Waals surface area contributed by atoms with Crippen LogP contribution in [0.15, 0.2) is 36.5 Å². The highest BCUT2D eigenvalue weighted by atomic mass is 16.7. The number of phenols is 3. The molecule has 0 radical (unpaired) electrons. The summed E-state index contributed by atoms with van der Waals surface area (Å²) in [6.45, 7) is 2.12. The molecule has 7 rings (SSSR count). The summed E-state index contributed by atoms with van der Waals surface area (Å²) < 4.78 is 27.8. The number of phenolic OH excluding ortho intramolecular Hbond substituents is 3. The fraction of sp³-hybridized carbons (Fsp3) is 0.500. The average Bonchev–Trinajstić information content (AvgIpc) is 3.84. The molecule has 2 aromatic carbocycles. The minimum absolute atomic E-state index is 0.0293. The van der Waals surface area contributed by atoms with Gasteiger partial charge < -0.3 is 79.7 Å². The van der Waals surface area contributed by atoms with Crippen molar-refractivity contribution in [2.75, 3.05) is 0 Å². The molecule has 1 saturated carbocycles. The zero-order valence-electron chi connectivity index (χ0n) is 30.3. The lowest BCUT2D eigenvalue weighted by atomic mass is 9.85. The fourth-order valence-corrected chi connectivity index (χ4v) is 7.75. The summed E-state index contributed by atoms with van der Waals surface area (Å²) in [6, 6.07) is 7.05. The molecule has 11 atom stereocenters. The van der Waals surface area contributed by atoms with Crippen molar-refractivity contribution < 1.29 is 89.1 Å².